The first-order valence-electron chi connectivity index (χ1n) is 6.96. The number of nitrogens with zero attached hydrogens (tertiary/aromatic N) is 2. The van der Waals surface area contributed by atoms with Gasteiger partial charge in [-0.05, 0) is 24.3 Å². The van der Waals surface area contributed by atoms with E-state index in [1.54, 1.807) is 18.2 Å². The third kappa shape index (κ3) is 3.25. The molecule has 0 aliphatic heterocycles. The molecule has 0 aliphatic carbocycles. The number of hydrogen-bond acceptors (Lipinski definition) is 3. The molecule has 25 heavy (non-hydrogen) atoms. The summed E-state index contributed by atoms with van der Waals surface area (Å²) in [5, 5.41) is 10.3. The maximum Gasteiger partial charge on any atom is 0.573 e. The molecule has 0 unspecified atom stereocenters. The lowest BCUT2D eigenvalue weighted by Gasteiger charge is -2.11. The van der Waals surface area contributed by atoms with Gasteiger partial charge in [0.1, 0.15) is 5.75 Å². The topological polar surface area (TPSA) is 54.8 Å². The van der Waals surface area contributed by atoms with Gasteiger partial charge in [-0.3, -0.25) is 0 Å². The summed E-state index contributed by atoms with van der Waals surface area (Å²) in [6.07, 6.45) is -3.43. The van der Waals surface area contributed by atoms with Crippen LogP contribution in [0.1, 0.15) is 0 Å². The quantitative estimate of drug-likeness (QED) is 0.704. The number of aromatic nitrogens is 2. The van der Waals surface area contributed by atoms with Crippen LogP contribution >= 0.6 is 11.6 Å². The minimum atomic E-state index is -4.91. The Morgan fingerprint density at radius 3 is 2.64 bits per heavy atom. The van der Waals surface area contributed by atoms with Crippen molar-refractivity contribution in [2.24, 2.45) is 7.05 Å². The molecule has 0 atom stereocenters. The Bertz CT molecular complexity index is 1030. The van der Waals surface area contributed by atoms with Gasteiger partial charge in [0.05, 0.1) is 13.2 Å². The van der Waals surface area contributed by atoms with Crippen molar-refractivity contribution >= 4 is 17.2 Å². The summed E-state index contributed by atoms with van der Waals surface area (Å²) in [4.78, 5) is 12.7. The molecule has 1 aromatic carbocycles. The highest BCUT2D eigenvalue weighted by Gasteiger charge is 2.32. The SMILES string of the molecule is C[n+]1c(O)c(-c2cc(Cl)cc(OC(F)(F)F)c2)c(=O)n2ccccc21. The van der Waals surface area contributed by atoms with Gasteiger partial charge in [0.2, 0.25) is 0 Å². The maximum atomic E-state index is 12.7. The van der Waals surface area contributed by atoms with E-state index in [4.69, 9.17) is 11.6 Å². The van der Waals surface area contributed by atoms with Crippen LogP contribution in [-0.4, -0.2) is 15.9 Å². The van der Waals surface area contributed by atoms with Gasteiger partial charge in [-0.25, -0.2) is 4.79 Å². The highest BCUT2D eigenvalue weighted by molar-refractivity contribution is 6.31. The minimum absolute atomic E-state index is 0.00287. The molecular formula is C16H11ClF3N2O3+. The number of fused-ring (bicyclic) bond motifs is 1. The van der Waals surface area contributed by atoms with Crippen LogP contribution in [0.4, 0.5) is 13.2 Å². The zero-order chi connectivity index (χ0) is 18.4. The molecule has 0 saturated carbocycles. The molecule has 0 amide bonds. The monoisotopic (exact) mass is 371 g/mol. The molecule has 9 heteroatoms. The molecule has 3 aromatic rings. The molecule has 1 N–H and O–H groups in total. The number of hydrogen-bond donors (Lipinski definition) is 1. The van der Waals surface area contributed by atoms with E-state index in [2.05, 4.69) is 4.74 Å². The fourth-order valence-corrected chi connectivity index (χ4v) is 2.75. The van der Waals surface area contributed by atoms with Crippen molar-refractivity contribution in [1.82, 2.24) is 4.40 Å². The van der Waals surface area contributed by atoms with Crippen LogP contribution in [0.5, 0.6) is 11.6 Å². The second kappa shape index (κ2) is 5.96. The molecule has 2 aromatic heterocycles. The van der Waals surface area contributed by atoms with E-state index < -0.39 is 23.6 Å². The van der Waals surface area contributed by atoms with Gasteiger partial charge in [-0.1, -0.05) is 17.7 Å². The second-order valence-electron chi connectivity index (χ2n) is 5.22. The first kappa shape index (κ1) is 17.1. The Hall–Kier alpha value is -2.74. The highest BCUT2D eigenvalue weighted by Crippen LogP contribution is 2.32. The van der Waals surface area contributed by atoms with Crippen LogP contribution < -0.4 is 14.9 Å². The summed E-state index contributed by atoms with van der Waals surface area (Å²) in [5.74, 6) is -0.994. The molecule has 5 nitrogen and oxygen atoms in total. The van der Waals surface area contributed by atoms with Crippen LogP contribution in [0.3, 0.4) is 0 Å². The molecular weight excluding hydrogens is 361 g/mol. The van der Waals surface area contributed by atoms with Crippen molar-refractivity contribution in [1.29, 1.82) is 0 Å². The molecule has 0 saturated heterocycles. The van der Waals surface area contributed by atoms with Crippen molar-refractivity contribution in [2.45, 2.75) is 6.36 Å². The molecule has 0 fully saturated rings. The number of ether oxygens (including phenoxy) is 1. The normalized spacial score (nSPS) is 11.7. The van der Waals surface area contributed by atoms with E-state index in [1.807, 2.05) is 0 Å². The summed E-state index contributed by atoms with van der Waals surface area (Å²) in [6, 6.07) is 8.14. The number of aromatic hydroxyl groups is 1. The van der Waals surface area contributed by atoms with Crippen molar-refractivity contribution < 1.29 is 27.6 Å². The number of aryl methyl sites for hydroxylation is 1. The zero-order valence-electron chi connectivity index (χ0n) is 12.7. The smallest absolute Gasteiger partial charge is 0.477 e. The minimum Gasteiger partial charge on any atom is -0.477 e. The summed E-state index contributed by atoms with van der Waals surface area (Å²) < 4.78 is 43.8. The lowest BCUT2D eigenvalue weighted by Crippen LogP contribution is -2.37. The molecule has 0 aliphatic rings. The van der Waals surface area contributed by atoms with Gasteiger partial charge in [0.25, 0.3) is 11.5 Å². The first-order chi connectivity index (χ1) is 11.7. The molecule has 0 bridgehead atoms. The number of pyridine rings is 1. The Balaban J connectivity index is 2.29. The van der Waals surface area contributed by atoms with Crippen molar-refractivity contribution in [3.05, 3.63) is 58.0 Å². The van der Waals surface area contributed by atoms with Crippen LogP contribution in [0.2, 0.25) is 5.02 Å². The predicted octanol–water partition coefficient (Wildman–Crippen LogP) is 3.05. The average molecular weight is 372 g/mol. The fourth-order valence-electron chi connectivity index (χ4n) is 2.52. The van der Waals surface area contributed by atoms with Crippen LogP contribution in [0.25, 0.3) is 16.8 Å². The molecule has 0 spiro atoms. The third-order valence-electron chi connectivity index (χ3n) is 3.55. The van der Waals surface area contributed by atoms with Crippen LogP contribution in [-0.2, 0) is 7.05 Å². The number of alkyl halides is 3. The Morgan fingerprint density at radius 1 is 1.24 bits per heavy atom. The lowest BCUT2D eigenvalue weighted by molar-refractivity contribution is -0.654. The summed E-state index contributed by atoms with van der Waals surface area (Å²) >= 11 is 5.85. The third-order valence-corrected chi connectivity index (χ3v) is 3.77. The Labute approximate surface area is 144 Å². The van der Waals surface area contributed by atoms with Crippen LogP contribution in [0.15, 0.2) is 47.4 Å². The van der Waals surface area contributed by atoms with Crippen molar-refractivity contribution in [3.63, 3.8) is 0 Å². The lowest BCUT2D eigenvalue weighted by atomic mass is 10.1. The van der Waals surface area contributed by atoms with Gasteiger partial charge < -0.3 is 9.84 Å². The largest absolute Gasteiger partial charge is 0.573 e. The van der Waals surface area contributed by atoms with Gasteiger partial charge in [-0.2, -0.15) is 8.97 Å². The molecule has 2 heterocycles. The maximum absolute atomic E-state index is 12.7. The highest BCUT2D eigenvalue weighted by atomic mass is 35.5. The van der Waals surface area contributed by atoms with Gasteiger partial charge in [0, 0.05) is 16.7 Å². The van der Waals surface area contributed by atoms with Gasteiger partial charge >= 0.3 is 11.9 Å². The molecule has 0 radical (unpaired) electrons. The van der Waals surface area contributed by atoms with Gasteiger partial charge in [-0.15, -0.1) is 13.2 Å². The summed E-state index contributed by atoms with van der Waals surface area (Å²) in [7, 11) is 1.52. The van der Waals surface area contributed by atoms with Gasteiger partial charge in [0.15, 0.2) is 5.56 Å². The predicted molar refractivity (Wildman–Crippen MR) is 83.6 cm³/mol. The number of benzene rings is 1. The fraction of sp³-hybridized carbons (Fsp3) is 0.125. The zero-order valence-corrected chi connectivity index (χ0v) is 13.5. The van der Waals surface area contributed by atoms with E-state index in [0.717, 1.165) is 12.1 Å². The summed E-state index contributed by atoms with van der Waals surface area (Å²) in [5.41, 5.74) is -0.391. The Morgan fingerprint density at radius 2 is 1.96 bits per heavy atom. The van der Waals surface area contributed by atoms with Crippen molar-refractivity contribution in [3.8, 4) is 22.8 Å². The first-order valence-corrected chi connectivity index (χ1v) is 7.34. The van der Waals surface area contributed by atoms with Crippen LogP contribution in [0, 0.1) is 0 Å². The standard InChI is InChI=1S/C16H10ClF3N2O3/c1-21-12-4-2-3-5-22(12)15(24)13(14(21)23)9-6-10(17)8-11(7-9)25-16(18,19)20/h2-8H,1H3/p+1. The van der Waals surface area contributed by atoms with E-state index in [9.17, 15) is 23.1 Å². The number of halogens is 4. The Kier molecular flexibility index (Phi) is 4.08. The molecule has 130 valence electrons. The average Bonchev–Trinajstić information content (AvgIpc) is 2.51. The second-order valence-corrected chi connectivity index (χ2v) is 5.65. The summed E-state index contributed by atoms with van der Waals surface area (Å²) in [6.45, 7) is 0. The number of rotatable bonds is 2. The van der Waals surface area contributed by atoms with E-state index >= 15 is 0 Å². The van der Waals surface area contributed by atoms with E-state index in [-0.39, 0.29) is 16.1 Å². The van der Waals surface area contributed by atoms with Crippen molar-refractivity contribution in [2.75, 3.05) is 0 Å². The van der Waals surface area contributed by atoms with E-state index in [1.165, 1.54) is 28.3 Å². The molecule has 3 rings (SSSR count). The van der Waals surface area contributed by atoms with E-state index in [0.29, 0.717) is 5.65 Å².